The first-order valence-electron chi connectivity index (χ1n) is 12.4. The Balaban J connectivity index is 1.18. The van der Waals surface area contributed by atoms with E-state index in [1.54, 1.807) is 6.26 Å². The van der Waals surface area contributed by atoms with Gasteiger partial charge in [-0.1, -0.05) is 30.3 Å². The normalized spacial score (nSPS) is 18.6. The lowest BCUT2D eigenvalue weighted by atomic mass is 10.0. The number of nitrogens with zero attached hydrogens (tertiary/aromatic N) is 2. The Labute approximate surface area is 202 Å². The highest BCUT2D eigenvalue weighted by Gasteiger charge is 2.31. The summed E-state index contributed by atoms with van der Waals surface area (Å²) in [5.74, 6) is 1.79. The molecule has 0 N–H and O–H groups in total. The molecule has 3 aromatic rings. The highest BCUT2D eigenvalue weighted by molar-refractivity contribution is 5.79. The molecular weight excluding hydrogens is 428 g/mol. The van der Waals surface area contributed by atoms with Crippen LogP contribution in [-0.4, -0.2) is 88.2 Å². The lowest BCUT2D eigenvalue weighted by molar-refractivity contribution is -0.934. The Morgan fingerprint density at radius 3 is 2.26 bits per heavy atom. The van der Waals surface area contributed by atoms with Gasteiger partial charge in [0.1, 0.15) is 37.8 Å². The average molecular weight is 464 g/mol. The molecule has 0 unspecified atom stereocenters. The number of benzene rings is 2. The first-order chi connectivity index (χ1) is 16.8. The highest BCUT2D eigenvalue weighted by atomic mass is 16.5. The van der Waals surface area contributed by atoms with Crippen molar-refractivity contribution >= 4 is 0 Å². The standard InChI is InChI=1S/C28H35N2O4/c1-2-4-24(5-3-1)27-10-18-34-28(27)25-6-8-26(9-7-25)33-23-17-30(15-21-32-22-16-30)14-11-29-12-19-31-20-13-29/h1-10,18H,11-17,19-23H2/q+1. The maximum Gasteiger partial charge on any atom is 0.141 e. The lowest BCUT2D eigenvalue weighted by Gasteiger charge is -2.42. The van der Waals surface area contributed by atoms with Crippen molar-refractivity contribution in [1.29, 1.82) is 0 Å². The number of furan rings is 1. The fourth-order valence-electron chi connectivity index (χ4n) is 4.91. The molecule has 6 nitrogen and oxygen atoms in total. The zero-order chi connectivity index (χ0) is 23.1. The first-order valence-corrected chi connectivity index (χ1v) is 12.4. The molecule has 2 saturated heterocycles. The van der Waals surface area contributed by atoms with E-state index < -0.39 is 0 Å². The van der Waals surface area contributed by atoms with E-state index in [0.29, 0.717) is 6.61 Å². The molecule has 0 saturated carbocycles. The summed E-state index contributed by atoms with van der Waals surface area (Å²) in [6.45, 7) is 11.6. The molecule has 2 fully saturated rings. The minimum atomic E-state index is 0.707. The summed E-state index contributed by atoms with van der Waals surface area (Å²) in [6, 6.07) is 20.6. The Bertz CT molecular complexity index is 1010. The molecule has 0 atom stereocenters. The minimum Gasteiger partial charge on any atom is -0.488 e. The third-order valence-electron chi connectivity index (χ3n) is 7.12. The minimum absolute atomic E-state index is 0.707. The Morgan fingerprint density at radius 1 is 0.765 bits per heavy atom. The van der Waals surface area contributed by atoms with Gasteiger partial charge in [-0.15, -0.1) is 0 Å². The van der Waals surface area contributed by atoms with E-state index in [1.165, 1.54) is 0 Å². The average Bonchev–Trinajstić information content (AvgIpc) is 3.40. The SMILES string of the molecule is c1ccc(-c2ccoc2-c2ccc(OCC[N+]3(CCN4CCOCC4)CCOCC3)cc2)cc1. The summed E-state index contributed by atoms with van der Waals surface area (Å²) < 4.78 is 24.3. The van der Waals surface area contributed by atoms with Crippen molar-refractivity contribution in [2.45, 2.75) is 0 Å². The van der Waals surface area contributed by atoms with Crippen molar-refractivity contribution in [3.63, 3.8) is 0 Å². The maximum atomic E-state index is 6.19. The summed E-state index contributed by atoms with van der Waals surface area (Å²) >= 11 is 0. The van der Waals surface area contributed by atoms with Gasteiger partial charge in [0.05, 0.1) is 39.2 Å². The van der Waals surface area contributed by atoms with E-state index in [-0.39, 0.29) is 0 Å². The molecule has 1 aromatic heterocycles. The third-order valence-corrected chi connectivity index (χ3v) is 7.12. The van der Waals surface area contributed by atoms with Crippen LogP contribution >= 0.6 is 0 Å². The molecular formula is C28H35N2O4+. The maximum absolute atomic E-state index is 6.19. The van der Waals surface area contributed by atoms with Crippen LogP contribution in [0.5, 0.6) is 5.75 Å². The van der Waals surface area contributed by atoms with E-state index in [0.717, 1.165) is 105 Å². The smallest absolute Gasteiger partial charge is 0.141 e. The van der Waals surface area contributed by atoms with E-state index in [1.807, 2.05) is 36.4 Å². The fourth-order valence-corrected chi connectivity index (χ4v) is 4.91. The summed E-state index contributed by atoms with van der Waals surface area (Å²) in [5, 5.41) is 0. The number of quaternary nitrogens is 1. The van der Waals surface area contributed by atoms with Crippen molar-refractivity contribution in [1.82, 2.24) is 4.90 Å². The van der Waals surface area contributed by atoms with Gasteiger partial charge in [0.15, 0.2) is 0 Å². The van der Waals surface area contributed by atoms with Crippen LogP contribution in [-0.2, 0) is 9.47 Å². The second kappa shape index (κ2) is 11.2. The molecule has 2 aliphatic rings. The van der Waals surface area contributed by atoms with Gasteiger partial charge in [-0.2, -0.15) is 0 Å². The molecule has 34 heavy (non-hydrogen) atoms. The Hall–Kier alpha value is -2.64. The summed E-state index contributed by atoms with van der Waals surface area (Å²) in [4.78, 5) is 2.52. The molecule has 2 aliphatic heterocycles. The molecule has 3 heterocycles. The van der Waals surface area contributed by atoms with Gasteiger partial charge in [0.25, 0.3) is 0 Å². The predicted molar refractivity (Wildman–Crippen MR) is 133 cm³/mol. The molecule has 0 aliphatic carbocycles. The van der Waals surface area contributed by atoms with Crippen molar-refractivity contribution in [3.05, 3.63) is 66.9 Å². The van der Waals surface area contributed by atoms with E-state index in [2.05, 4.69) is 29.2 Å². The van der Waals surface area contributed by atoms with Crippen LogP contribution in [0.1, 0.15) is 0 Å². The van der Waals surface area contributed by atoms with Crippen LogP contribution in [0.2, 0.25) is 0 Å². The molecule has 0 amide bonds. The van der Waals surface area contributed by atoms with Crippen molar-refractivity contribution in [3.8, 4) is 28.2 Å². The van der Waals surface area contributed by atoms with Crippen LogP contribution < -0.4 is 4.74 Å². The lowest BCUT2D eigenvalue weighted by Crippen LogP contribution is -2.59. The van der Waals surface area contributed by atoms with Crippen LogP contribution in [0.25, 0.3) is 22.5 Å². The Morgan fingerprint density at radius 2 is 1.50 bits per heavy atom. The monoisotopic (exact) mass is 463 g/mol. The van der Waals surface area contributed by atoms with Gasteiger partial charge in [0, 0.05) is 30.8 Å². The summed E-state index contributed by atoms with van der Waals surface area (Å²) in [5.41, 5.74) is 3.31. The molecule has 180 valence electrons. The zero-order valence-corrected chi connectivity index (χ0v) is 19.9. The third kappa shape index (κ3) is 5.70. The topological polar surface area (TPSA) is 44.1 Å². The molecule has 0 bridgehead atoms. The number of hydrogen-bond acceptors (Lipinski definition) is 5. The van der Waals surface area contributed by atoms with Crippen LogP contribution in [0, 0.1) is 0 Å². The largest absolute Gasteiger partial charge is 0.488 e. The summed E-state index contributed by atoms with van der Waals surface area (Å²) in [6.07, 6.45) is 1.75. The van der Waals surface area contributed by atoms with Crippen molar-refractivity contribution < 1.29 is 23.1 Å². The van der Waals surface area contributed by atoms with Crippen molar-refractivity contribution in [2.75, 3.05) is 78.8 Å². The van der Waals surface area contributed by atoms with Gasteiger partial charge in [-0.3, -0.25) is 4.90 Å². The van der Waals surface area contributed by atoms with Crippen LogP contribution in [0.4, 0.5) is 0 Å². The van der Waals surface area contributed by atoms with E-state index in [4.69, 9.17) is 18.6 Å². The van der Waals surface area contributed by atoms with Crippen LogP contribution in [0.15, 0.2) is 71.3 Å². The van der Waals surface area contributed by atoms with Gasteiger partial charge in [-0.25, -0.2) is 0 Å². The number of ether oxygens (including phenoxy) is 3. The predicted octanol–water partition coefficient (Wildman–Crippen LogP) is 4.17. The first kappa shape index (κ1) is 23.1. The fraction of sp³-hybridized carbons (Fsp3) is 0.429. The molecule has 0 radical (unpaired) electrons. The van der Waals surface area contributed by atoms with Gasteiger partial charge >= 0.3 is 0 Å². The molecule has 5 rings (SSSR count). The van der Waals surface area contributed by atoms with E-state index >= 15 is 0 Å². The quantitative estimate of drug-likeness (QED) is 0.446. The van der Waals surface area contributed by atoms with Crippen molar-refractivity contribution in [2.24, 2.45) is 0 Å². The molecule has 6 heteroatoms. The molecule has 0 spiro atoms. The Kier molecular flexibility index (Phi) is 7.61. The molecule has 2 aromatic carbocycles. The summed E-state index contributed by atoms with van der Waals surface area (Å²) in [7, 11) is 0. The number of hydrogen-bond donors (Lipinski definition) is 0. The number of rotatable bonds is 9. The van der Waals surface area contributed by atoms with Crippen LogP contribution in [0.3, 0.4) is 0 Å². The van der Waals surface area contributed by atoms with Gasteiger partial charge in [-0.05, 0) is 35.9 Å². The second-order valence-corrected chi connectivity index (χ2v) is 9.20. The number of morpholine rings is 2. The van der Waals surface area contributed by atoms with Gasteiger partial charge < -0.3 is 23.1 Å². The van der Waals surface area contributed by atoms with Gasteiger partial charge in [0.2, 0.25) is 0 Å². The van der Waals surface area contributed by atoms with E-state index in [9.17, 15) is 0 Å². The zero-order valence-electron chi connectivity index (χ0n) is 19.9. The second-order valence-electron chi connectivity index (χ2n) is 9.20. The highest BCUT2D eigenvalue weighted by Crippen LogP contribution is 2.33.